The van der Waals surface area contributed by atoms with E-state index in [1.165, 1.54) is 5.56 Å². The van der Waals surface area contributed by atoms with Crippen molar-refractivity contribution in [1.82, 2.24) is 4.98 Å². The van der Waals surface area contributed by atoms with Crippen molar-refractivity contribution in [2.75, 3.05) is 12.4 Å². The van der Waals surface area contributed by atoms with Crippen LogP contribution in [0.2, 0.25) is 0 Å². The molecule has 3 N–H and O–H groups in total. The molecule has 3 nitrogen and oxygen atoms in total. The molecule has 0 bridgehead atoms. The highest BCUT2D eigenvalue weighted by molar-refractivity contribution is 5.43. The number of anilines is 1. The zero-order valence-electron chi connectivity index (χ0n) is 7.81. The lowest BCUT2D eigenvalue weighted by Gasteiger charge is -2.08. The summed E-state index contributed by atoms with van der Waals surface area (Å²) in [6.45, 7) is 4.60. The van der Waals surface area contributed by atoms with Crippen LogP contribution in [0.25, 0.3) is 0 Å². The molecule has 1 rings (SSSR count). The first-order valence-corrected chi connectivity index (χ1v) is 4.04. The molecule has 0 amide bonds. The van der Waals surface area contributed by atoms with E-state index in [0.717, 1.165) is 17.1 Å². The lowest BCUT2D eigenvalue weighted by molar-refractivity contribution is 0.987. The summed E-state index contributed by atoms with van der Waals surface area (Å²) >= 11 is 0. The van der Waals surface area contributed by atoms with Crippen LogP contribution in [-0.4, -0.2) is 12.0 Å². The summed E-state index contributed by atoms with van der Waals surface area (Å²) in [7, 11) is 1.86. The van der Waals surface area contributed by atoms with Crippen LogP contribution in [0.1, 0.15) is 16.8 Å². The first-order chi connectivity index (χ1) is 5.69. The van der Waals surface area contributed by atoms with Gasteiger partial charge in [0.25, 0.3) is 0 Å². The van der Waals surface area contributed by atoms with E-state index in [1.807, 2.05) is 20.0 Å². The largest absolute Gasteiger partial charge is 0.373 e. The van der Waals surface area contributed by atoms with Crippen LogP contribution in [-0.2, 0) is 6.54 Å². The molecule has 0 fully saturated rings. The highest BCUT2D eigenvalue weighted by Gasteiger charge is 2.03. The first-order valence-electron chi connectivity index (χ1n) is 4.04. The van der Waals surface area contributed by atoms with Crippen LogP contribution in [0, 0.1) is 13.8 Å². The Balaban J connectivity index is 3.18. The fourth-order valence-electron chi connectivity index (χ4n) is 1.29. The molecule has 0 atom stereocenters. The average Bonchev–Trinajstić information content (AvgIpc) is 2.03. The Morgan fingerprint density at radius 3 is 2.58 bits per heavy atom. The lowest BCUT2D eigenvalue weighted by Crippen LogP contribution is -2.05. The van der Waals surface area contributed by atoms with Crippen molar-refractivity contribution in [2.45, 2.75) is 20.4 Å². The van der Waals surface area contributed by atoms with Gasteiger partial charge in [0, 0.05) is 19.3 Å². The topological polar surface area (TPSA) is 50.9 Å². The minimum Gasteiger partial charge on any atom is -0.373 e. The SMILES string of the molecule is CNc1cc(C)c(CN)c(C)n1. The van der Waals surface area contributed by atoms with Gasteiger partial charge in [0.2, 0.25) is 0 Å². The van der Waals surface area contributed by atoms with E-state index in [1.54, 1.807) is 0 Å². The molecular formula is C9H15N3. The van der Waals surface area contributed by atoms with Crippen molar-refractivity contribution < 1.29 is 0 Å². The summed E-state index contributed by atoms with van der Waals surface area (Å²) in [6.07, 6.45) is 0. The first kappa shape index (κ1) is 9.00. The minimum absolute atomic E-state index is 0.564. The molecule has 0 aliphatic heterocycles. The maximum Gasteiger partial charge on any atom is 0.126 e. The number of rotatable bonds is 2. The molecule has 0 aliphatic rings. The molecule has 66 valence electrons. The van der Waals surface area contributed by atoms with Crippen LogP contribution < -0.4 is 11.1 Å². The van der Waals surface area contributed by atoms with Crippen LogP contribution >= 0.6 is 0 Å². The minimum atomic E-state index is 0.564. The van der Waals surface area contributed by atoms with Gasteiger partial charge in [-0.3, -0.25) is 0 Å². The van der Waals surface area contributed by atoms with Gasteiger partial charge < -0.3 is 11.1 Å². The van der Waals surface area contributed by atoms with E-state index in [-0.39, 0.29) is 0 Å². The molecular weight excluding hydrogens is 150 g/mol. The molecule has 1 aromatic rings. The summed E-state index contributed by atoms with van der Waals surface area (Å²) in [4.78, 5) is 4.33. The second-order valence-corrected chi connectivity index (χ2v) is 2.84. The van der Waals surface area contributed by atoms with E-state index in [9.17, 15) is 0 Å². The number of nitrogens with one attached hydrogen (secondary N) is 1. The molecule has 3 heteroatoms. The van der Waals surface area contributed by atoms with Gasteiger partial charge in [-0.25, -0.2) is 4.98 Å². The quantitative estimate of drug-likeness (QED) is 0.692. The zero-order valence-corrected chi connectivity index (χ0v) is 7.81. The van der Waals surface area contributed by atoms with E-state index >= 15 is 0 Å². The highest BCUT2D eigenvalue weighted by Crippen LogP contribution is 2.14. The number of hydrogen-bond acceptors (Lipinski definition) is 3. The summed E-state index contributed by atoms with van der Waals surface area (Å²) < 4.78 is 0. The monoisotopic (exact) mass is 165 g/mol. The summed E-state index contributed by atoms with van der Waals surface area (Å²) in [5.74, 6) is 0.905. The van der Waals surface area contributed by atoms with Crippen molar-refractivity contribution in [2.24, 2.45) is 5.73 Å². The van der Waals surface area contributed by atoms with Gasteiger partial charge in [-0.2, -0.15) is 0 Å². The molecule has 1 aromatic heterocycles. The fourth-order valence-corrected chi connectivity index (χ4v) is 1.29. The zero-order chi connectivity index (χ0) is 9.14. The van der Waals surface area contributed by atoms with Gasteiger partial charge in [0.15, 0.2) is 0 Å². The van der Waals surface area contributed by atoms with Crippen molar-refractivity contribution >= 4 is 5.82 Å². The number of pyridine rings is 1. The molecule has 0 radical (unpaired) electrons. The molecule has 0 spiro atoms. The molecule has 1 heterocycles. The average molecular weight is 165 g/mol. The van der Waals surface area contributed by atoms with E-state index in [0.29, 0.717) is 6.54 Å². The molecule has 12 heavy (non-hydrogen) atoms. The maximum atomic E-state index is 5.58. The molecule has 0 saturated heterocycles. The second-order valence-electron chi connectivity index (χ2n) is 2.84. The number of hydrogen-bond donors (Lipinski definition) is 2. The fraction of sp³-hybridized carbons (Fsp3) is 0.444. The maximum absolute atomic E-state index is 5.58. The Labute approximate surface area is 73.0 Å². The number of nitrogens with two attached hydrogens (primary N) is 1. The highest BCUT2D eigenvalue weighted by atomic mass is 15.0. The standard InChI is InChI=1S/C9H15N3/c1-6-4-9(11-3)12-7(2)8(6)5-10/h4H,5,10H2,1-3H3,(H,11,12). The summed E-state index contributed by atoms with van der Waals surface area (Å²) in [5, 5.41) is 3.01. The van der Waals surface area contributed by atoms with E-state index in [2.05, 4.69) is 17.2 Å². The normalized spacial score (nSPS) is 10.0. The van der Waals surface area contributed by atoms with Crippen LogP contribution in [0.15, 0.2) is 6.07 Å². The lowest BCUT2D eigenvalue weighted by atomic mass is 10.1. The second kappa shape index (κ2) is 3.54. The smallest absolute Gasteiger partial charge is 0.126 e. The Kier molecular flexibility index (Phi) is 2.65. The van der Waals surface area contributed by atoms with E-state index < -0.39 is 0 Å². The van der Waals surface area contributed by atoms with Crippen LogP contribution in [0.4, 0.5) is 5.82 Å². The third kappa shape index (κ3) is 1.56. The molecule has 0 saturated carbocycles. The predicted octanol–water partition coefficient (Wildman–Crippen LogP) is 1.20. The van der Waals surface area contributed by atoms with Gasteiger partial charge in [0.1, 0.15) is 5.82 Å². The van der Waals surface area contributed by atoms with E-state index in [4.69, 9.17) is 5.73 Å². The van der Waals surface area contributed by atoms with Crippen molar-refractivity contribution in [3.05, 3.63) is 22.9 Å². The van der Waals surface area contributed by atoms with Gasteiger partial charge >= 0.3 is 0 Å². The Morgan fingerprint density at radius 1 is 1.50 bits per heavy atom. The van der Waals surface area contributed by atoms with Gasteiger partial charge in [-0.15, -0.1) is 0 Å². The Hall–Kier alpha value is -1.09. The molecule has 0 unspecified atom stereocenters. The van der Waals surface area contributed by atoms with Gasteiger partial charge in [-0.1, -0.05) is 0 Å². The van der Waals surface area contributed by atoms with Crippen molar-refractivity contribution in [3.63, 3.8) is 0 Å². The van der Waals surface area contributed by atoms with Crippen LogP contribution in [0.5, 0.6) is 0 Å². The van der Waals surface area contributed by atoms with Gasteiger partial charge in [0.05, 0.1) is 0 Å². The van der Waals surface area contributed by atoms with Gasteiger partial charge in [-0.05, 0) is 31.0 Å². The third-order valence-corrected chi connectivity index (χ3v) is 2.01. The Bertz CT molecular complexity index is 258. The number of nitrogens with zero attached hydrogens (tertiary/aromatic N) is 1. The Morgan fingerprint density at radius 2 is 2.17 bits per heavy atom. The molecule has 0 aromatic carbocycles. The summed E-state index contributed by atoms with van der Waals surface area (Å²) in [5.41, 5.74) is 8.95. The third-order valence-electron chi connectivity index (χ3n) is 2.01. The summed E-state index contributed by atoms with van der Waals surface area (Å²) in [6, 6.07) is 2.01. The molecule has 0 aliphatic carbocycles. The number of aromatic nitrogens is 1. The predicted molar refractivity (Wildman–Crippen MR) is 51.1 cm³/mol. The van der Waals surface area contributed by atoms with Crippen molar-refractivity contribution in [3.8, 4) is 0 Å². The van der Waals surface area contributed by atoms with Crippen molar-refractivity contribution in [1.29, 1.82) is 0 Å². The number of aryl methyl sites for hydroxylation is 2. The van der Waals surface area contributed by atoms with Crippen LogP contribution in [0.3, 0.4) is 0 Å².